The van der Waals surface area contributed by atoms with Crippen LogP contribution in [0.4, 0.5) is 0 Å². The second-order valence-corrected chi connectivity index (χ2v) is 6.51. The van der Waals surface area contributed by atoms with Crippen LogP contribution in [-0.4, -0.2) is 25.8 Å². The highest BCUT2D eigenvalue weighted by atomic mass is 32.2. The van der Waals surface area contributed by atoms with Gasteiger partial charge in [0.15, 0.2) is 5.16 Å². The second-order valence-electron chi connectivity index (χ2n) is 4.75. The summed E-state index contributed by atoms with van der Waals surface area (Å²) in [5.41, 5.74) is 3.04. The van der Waals surface area contributed by atoms with Crippen molar-refractivity contribution in [2.24, 2.45) is 7.05 Å². The maximum Gasteiger partial charge on any atom is 0.254 e. The molecule has 0 fully saturated rings. The van der Waals surface area contributed by atoms with E-state index in [2.05, 4.69) is 15.0 Å². The maximum absolute atomic E-state index is 12.0. The Morgan fingerprint density at radius 2 is 2.30 bits per heavy atom. The van der Waals surface area contributed by atoms with Crippen molar-refractivity contribution in [2.75, 3.05) is 6.26 Å². The molecule has 0 amide bonds. The Morgan fingerprint density at radius 3 is 3.10 bits per heavy atom. The van der Waals surface area contributed by atoms with Gasteiger partial charge in [-0.1, -0.05) is 11.8 Å². The molecule has 3 rings (SSSR count). The fourth-order valence-corrected chi connectivity index (χ4v) is 4.04. The zero-order valence-electron chi connectivity index (χ0n) is 11.5. The summed E-state index contributed by atoms with van der Waals surface area (Å²) in [5.74, 6) is 0.758. The van der Waals surface area contributed by atoms with Gasteiger partial charge in [0, 0.05) is 18.4 Å². The third-order valence-electron chi connectivity index (χ3n) is 3.48. The van der Waals surface area contributed by atoms with Crippen LogP contribution in [0.1, 0.15) is 23.4 Å². The number of aromatic nitrogens is 4. The summed E-state index contributed by atoms with van der Waals surface area (Å²) in [6.45, 7) is 0. The average molecular weight is 308 g/mol. The molecule has 106 valence electrons. The number of imidazole rings is 1. The van der Waals surface area contributed by atoms with E-state index in [4.69, 9.17) is 0 Å². The van der Waals surface area contributed by atoms with Crippen molar-refractivity contribution in [2.45, 2.75) is 35.2 Å². The van der Waals surface area contributed by atoms with Crippen LogP contribution in [0.3, 0.4) is 0 Å². The van der Waals surface area contributed by atoms with E-state index < -0.39 is 0 Å². The Labute approximate surface area is 125 Å². The predicted octanol–water partition coefficient (Wildman–Crippen LogP) is 2.01. The van der Waals surface area contributed by atoms with Gasteiger partial charge in [0.2, 0.25) is 0 Å². The van der Waals surface area contributed by atoms with Crippen LogP contribution < -0.4 is 5.56 Å². The smallest absolute Gasteiger partial charge is 0.254 e. The number of hydrogen-bond donors (Lipinski definition) is 1. The summed E-state index contributed by atoms with van der Waals surface area (Å²) in [4.78, 5) is 23.8. The molecule has 2 heterocycles. The Balaban J connectivity index is 1.81. The number of aryl methyl sites for hydroxylation is 2. The number of hydrogen-bond acceptors (Lipinski definition) is 5. The van der Waals surface area contributed by atoms with Crippen LogP contribution in [0.25, 0.3) is 0 Å². The molecule has 1 aliphatic rings. The molecular formula is C13H16N4OS2. The van der Waals surface area contributed by atoms with Gasteiger partial charge in [0.1, 0.15) is 5.03 Å². The van der Waals surface area contributed by atoms with E-state index in [0.717, 1.165) is 47.0 Å². The lowest BCUT2D eigenvalue weighted by Crippen LogP contribution is -2.15. The zero-order chi connectivity index (χ0) is 14.1. The van der Waals surface area contributed by atoms with Gasteiger partial charge in [0.25, 0.3) is 5.56 Å². The second kappa shape index (κ2) is 5.65. The molecule has 2 aromatic rings. The number of thioether (sulfide) groups is 2. The van der Waals surface area contributed by atoms with Gasteiger partial charge in [-0.3, -0.25) is 4.79 Å². The van der Waals surface area contributed by atoms with Crippen molar-refractivity contribution in [3.8, 4) is 0 Å². The third kappa shape index (κ3) is 2.52. The number of nitrogens with one attached hydrogen (secondary N) is 1. The van der Waals surface area contributed by atoms with E-state index in [1.165, 1.54) is 0 Å². The van der Waals surface area contributed by atoms with Crippen LogP contribution in [0.2, 0.25) is 0 Å². The van der Waals surface area contributed by atoms with Crippen LogP contribution >= 0.6 is 23.5 Å². The first kappa shape index (κ1) is 13.8. The lowest BCUT2D eigenvalue weighted by molar-refractivity contribution is 0.849. The van der Waals surface area contributed by atoms with Gasteiger partial charge >= 0.3 is 0 Å². The minimum Gasteiger partial charge on any atom is -0.336 e. The summed E-state index contributed by atoms with van der Waals surface area (Å²) >= 11 is 3.20. The topological polar surface area (TPSA) is 63.6 Å². The van der Waals surface area contributed by atoms with E-state index in [-0.39, 0.29) is 5.56 Å². The Kier molecular flexibility index (Phi) is 3.89. The number of aromatic amines is 1. The molecule has 0 saturated carbocycles. The molecule has 0 bridgehead atoms. The number of nitrogens with zero attached hydrogens (tertiary/aromatic N) is 3. The first-order chi connectivity index (χ1) is 9.69. The molecule has 5 nitrogen and oxygen atoms in total. The first-order valence-electron chi connectivity index (χ1n) is 6.48. The van der Waals surface area contributed by atoms with Crippen molar-refractivity contribution in [3.05, 3.63) is 33.6 Å². The number of rotatable bonds is 4. The molecule has 2 aromatic heterocycles. The van der Waals surface area contributed by atoms with E-state index >= 15 is 0 Å². The van der Waals surface area contributed by atoms with Crippen molar-refractivity contribution in [1.29, 1.82) is 0 Å². The molecule has 1 N–H and O–H groups in total. The third-order valence-corrected chi connectivity index (χ3v) is 5.09. The quantitative estimate of drug-likeness (QED) is 0.691. The largest absolute Gasteiger partial charge is 0.336 e. The monoisotopic (exact) mass is 308 g/mol. The first-order valence-corrected chi connectivity index (χ1v) is 8.69. The number of H-pyrrole nitrogens is 1. The standard InChI is InChI=1S/C13H16N4OS2/c1-17-7-14-12(19-2)10(17)6-20-13-15-9-5-3-4-8(9)11(18)16-13/h7H,3-6H2,1-2H3,(H,15,16,18). The maximum atomic E-state index is 12.0. The van der Waals surface area contributed by atoms with Crippen molar-refractivity contribution < 1.29 is 0 Å². The minimum atomic E-state index is 0.0325. The van der Waals surface area contributed by atoms with Gasteiger partial charge in [-0.05, 0) is 25.5 Å². The molecule has 0 spiro atoms. The lowest BCUT2D eigenvalue weighted by Gasteiger charge is -2.05. The number of fused-ring (bicyclic) bond motifs is 1. The van der Waals surface area contributed by atoms with E-state index in [1.54, 1.807) is 23.5 Å². The lowest BCUT2D eigenvalue weighted by atomic mass is 10.3. The van der Waals surface area contributed by atoms with Gasteiger partial charge in [0.05, 0.1) is 17.7 Å². The fraction of sp³-hybridized carbons (Fsp3) is 0.462. The summed E-state index contributed by atoms with van der Waals surface area (Å²) in [6.07, 6.45) is 6.67. The highest BCUT2D eigenvalue weighted by Crippen LogP contribution is 2.26. The molecule has 1 aliphatic carbocycles. The SMILES string of the molecule is CSc1ncn(C)c1CSc1nc2c(c(=O)[nH]1)CCC2. The molecule has 0 unspecified atom stereocenters. The van der Waals surface area contributed by atoms with Crippen LogP contribution in [0.15, 0.2) is 21.3 Å². The van der Waals surface area contributed by atoms with Gasteiger partial charge < -0.3 is 9.55 Å². The molecule has 20 heavy (non-hydrogen) atoms. The molecule has 0 saturated heterocycles. The highest BCUT2D eigenvalue weighted by molar-refractivity contribution is 7.99. The van der Waals surface area contributed by atoms with Crippen molar-refractivity contribution >= 4 is 23.5 Å². The molecule has 0 aromatic carbocycles. The van der Waals surface area contributed by atoms with Crippen molar-refractivity contribution in [1.82, 2.24) is 19.5 Å². The van der Waals surface area contributed by atoms with Crippen LogP contribution in [0.5, 0.6) is 0 Å². The Morgan fingerprint density at radius 1 is 1.45 bits per heavy atom. The van der Waals surface area contributed by atoms with E-state index in [1.807, 2.05) is 24.2 Å². The molecule has 0 aliphatic heterocycles. The van der Waals surface area contributed by atoms with Crippen LogP contribution in [0, 0.1) is 0 Å². The summed E-state index contributed by atoms with van der Waals surface area (Å²) in [6, 6.07) is 0. The normalized spacial score (nSPS) is 13.7. The molecule has 0 atom stereocenters. The molecular weight excluding hydrogens is 292 g/mol. The fourth-order valence-electron chi connectivity index (χ4n) is 2.39. The molecule has 7 heteroatoms. The predicted molar refractivity (Wildman–Crippen MR) is 81.4 cm³/mol. The van der Waals surface area contributed by atoms with E-state index in [0.29, 0.717) is 5.16 Å². The van der Waals surface area contributed by atoms with Gasteiger partial charge in [-0.15, -0.1) is 11.8 Å². The average Bonchev–Trinajstić information content (AvgIpc) is 3.03. The summed E-state index contributed by atoms with van der Waals surface area (Å²) in [7, 11) is 1.99. The Bertz CT molecular complexity index is 692. The van der Waals surface area contributed by atoms with E-state index in [9.17, 15) is 4.79 Å². The van der Waals surface area contributed by atoms with Crippen LogP contribution in [-0.2, 0) is 25.6 Å². The minimum absolute atomic E-state index is 0.0325. The summed E-state index contributed by atoms with van der Waals surface area (Å²) < 4.78 is 2.02. The van der Waals surface area contributed by atoms with Gasteiger partial charge in [-0.2, -0.15) is 0 Å². The summed E-state index contributed by atoms with van der Waals surface area (Å²) in [5, 5.41) is 1.74. The zero-order valence-corrected chi connectivity index (χ0v) is 13.1. The Hall–Kier alpha value is -1.21. The van der Waals surface area contributed by atoms with Gasteiger partial charge in [-0.25, -0.2) is 9.97 Å². The van der Waals surface area contributed by atoms with Crippen molar-refractivity contribution in [3.63, 3.8) is 0 Å². The molecule has 0 radical (unpaired) electrons. The highest BCUT2D eigenvalue weighted by Gasteiger charge is 2.17.